The van der Waals surface area contributed by atoms with E-state index in [-0.39, 0.29) is 0 Å². The van der Waals surface area contributed by atoms with Crippen molar-refractivity contribution >= 4 is 11.9 Å². The number of carbonyl (C=O) groups is 1. The molecule has 5 aliphatic rings. The van der Waals surface area contributed by atoms with Gasteiger partial charge in [-0.05, 0) is 43.6 Å². The summed E-state index contributed by atoms with van der Waals surface area (Å²) in [5.41, 5.74) is 0. The lowest BCUT2D eigenvalue weighted by atomic mass is 9.95. The van der Waals surface area contributed by atoms with Crippen LogP contribution in [0, 0.1) is 11.8 Å². The topological polar surface area (TPSA) is 55.8 Å². The number of amides is 1. The zero-order valence-electron chi connectivity index (χ0n) is 16.7. The summed E-state index contributed by atoms with van der Waals surface area (Å²) in [5.74, 6) is 2.74. The van der Waals surface area contributed by atoms with Gasteiger partial charge in [-0.2, -0.15) is 0 Å². The van der Waals surface area contributed by atoms with Crippen LogP contribution in [0.4, 0.5) is 5.95 Å². The van der Waals surface area contributed by atoms with E-state index in [1.807, 2.05) is 6.07 Å². The number of aromatic nitrogens is 2. The molecule has 1 saturated carbocycles. The number of carbonyl (C=O) groups excluding carboxylic acids is 1. The Bertz CT molecular complexity index is 673. The molecule has 1 aliphatic carbocycles. The minimum Gasteiger partial charge on any atom is -0.340 e. The van der Waals surface area contributed by atoms with Gasteiger partial charge >= 0.3 is 0 Å². The fraction of sp³-hybridized carbons (Fsp3) is 0.762. The van der Waals surface area contributed by atoms with Crippen LogP contribution in [0.5, 0.6) is 0 Å². The highest BCUT2D eigenvalue weighted by atomic mass is 16.2. The first kappa shape index (κ1) is 18.3. The van der Waals surface area contributed by atoms with Gasteiger partial charge in [0.2, 0.25) is 11.9 Å². The Kier molecular flexibility index (Phi) is 5.20. The van der Waals surface area contributed by atoms with Crippen molar-refractivity contribution in [3.63, 3.8) is 0 Å². The molecule has 28 heavy (non-hydrogen) atoms. The maximum atomic E-state index is 13.1. The number of hydrogen-bond acceptors (Lipinski definition) is 6. The molecule has 0 N–H and O–H groups in total. The second-order valence-corrected chi connectivity index (χ2v) is 9.11. The van der Waals surface area contributed by atoms with Gasteiger partial charge in [0.05, 0.1) is 6.54 Å². The molecule has 1 amide bonds. The summed E-state index contributed by atoms with van der Waals surface area (Å²) in [5, 5.41) is 0. The van der Waals surface area contributed by atoms with E-state index in [0.717, 1.165) is 51.1 Å². The minimum atomic E-state index is 0.328. The van der Waals surface area contributed by atoms with Gasteiger partial charge < -0.3 is 9.80 Å². The smallest absolute Gasteiger partial charge is 0.236 e. The highest BCUT2D eigenvalue weighted by molar-refractivity contribution is 5.78. The summed E-state index contributed by atoms with van der Waals surface area (Å²) in [6, 6.07) is 2.44. The van der Waals surface area contributed by atoms with Gasteiger partial charge in [0, 0.05) is 70.8 Å². The molecule has 7 heteroatoms. The van der Waals surface area contributed by atoms with Crippen LogP contribution in [0.3, 0.4) is 0 Å². The van der Waals surface area contributed by atoms with Crippen LogP contribution in [-0.4, -0.2) is 95.5 Å². The van der Waals surface area contributed by atoms with E-state index in [1.165, 1.54) is 38.8 Å². The Labute approximate surface area is 167 Å². The lowest BCUT2D eigenvalue weighted by Gasteiger charge is -2.36. The van der Waals surface area contributed by atoms with Gasteiger partial charge in [0.15, 0.2) is 0 Å². The predicted octanol–water partition coefficient (Wildman–Crippen LogP) is 0.931. The van der Waals surface area contributed by atoms with Crippen molar-refractivity contribution in [3.05, 3.63) is 18.5 Å². The molecular formula is C21H32N6O. The van der Waals surface area contributed by atoms with Crippen molar-refractivity contribution in [3.8, 4) is 0 Å². The third kappa shape index (κ3) is 4.15. The van der Waals surface area contributed by atoms with Crippen LogP contribution < -0.4 is 4.90 Å². The molecule has 0 radical (unpaired) electrons. The average molecular weight is 385 g/mol. The molecular weight excluding hydrogens is 352 g/mol. The van der Waals surface area contributed by atoms with Crippen LogP contribution in [0.2, 0.25) is 0 Å². The van der Waals surface area contributed by atoms with Gasteiger partial charge in [-0.25, -0.2) is 9.97 Å². The van der Waals surface area contributed by atoms with Crippen LogP contribution in [-0.2, 0) is 4.79 Å². The quantitative estimate of drug-likeness (QED) is 0.753. The van der Waals surface area contributed by atoms with E-state index in [9.17, 15) is 4.79 Å². The Morgan fingerprint density at radius 2 is 1.75 bits per heavy atom. The Morgan fingerprint density at radius 3 is 2.50 bits per heavy atom. The summed E-state index contributed by atoms with van der Waals surface area (Å²) in [4.78, 5) is 31.1. The largest absolute Gasteiger partial charge is 0.340 e. The number of piperidine rings is 1. The van der Waals surface area contributed by atoms with Crippen molar-refractivity contribution in [2.24, 2.45) is 11.8 Å². The van der Waals surface area contributed by atoms with E-state index < -0.39 is 0 Å². The summed E-state index contributed by atoms with van der Waals surface area (Å²) in [6.45, 7) is 8.53. The predicted molar refractivity (Wildman–Crippen MR) is 108 cm³/mol. The third-order valence-corrected chi connectivity index (χ3v) is 6.94. The molecule has 0 unspecified atom stereocenters. The van der Waals surface area contributed by atoms with Gasteiger partial charge in [0.25, 0.3) is 0 Å². The summed E-state index contributed by atoms with van der Waals surface area (Å²) >= 11 is 0. The summed E-state index contributed by atoms with van der Waals surface area (Å²) in [7, 11) is 0. The number of fused-ring (bicyclic) bond motifs is 4. The molecule has 2 atom stereocenters. The van der Waals surface area contributed by atoms with Crippen molar-refractivity contribution in [2.45, 2.75) is 31.7 Å². The van der Waals surface area contributed by atoms with Crippen LogP contribution in [0.25, 0.3) is 0 Å². The average Bonchev–Trinajstić information content (AvgIpc) is 3.57. The zero-order chi connectivity index (χ0) is 18.9. The monoisotopic (exact) mass is 384 g/mol. The molecule has 5 heterocycles. The molecule has 7 nitrogen and oxygen atoms in total. The summed E-state index contributed by atoms with van der Waals surface area (Å²) in [6.07, 6.45) is 8.98. The minimum absolute atomic E-state index is 0.328. The molecule has 0 spiro atoms. The first-order valence-corrected chi connectivity index (χ1v) is 11.0. The molecule has 152 valence electrons. The second kappa shape index (κ2) is 7.95. The fourth-order valence-corrected chi connectivity index (χ4v) is 5.09. The number of anilines is 1. The number of rotatable bonds is 5. The van der Waals surface area contributed by atoms with Gasteiger partial charge in [-0.3, -0.25) is 14.6 Å². The van der Waals surface area contributed by atoms with Gasteiger partial charge in [-0.1, -0.05) is 0 Å². The van der Waals surface area contributed by atoms with Crippen LogP contribution >= 0.6 is 0 Å². The molecule has 6 rings (SSSR count). The second-order valence-electron chi connectivity index (χ2n) is 9.11. The number of piperazine rings is 1. The zero-order valence-corrected chi connectivity index (χ0v) is 16.7. The molecule has 4 saturated heterocycles. The molecule has 1 aromatic heterocycles. The molecule has 5 fully saturated rings. The van der Waals surface area contributed by atoms with Gasteiger partial charge in [-0.15, -0.1) is 0 Å². The van der Waals surface area contributed by atoms with E-state index in [4.69, 9.17) is 0 Å². The van der Waals surface area contributed by atoms with Gasteiger partial charge in [0.1, 0.15) is 0 Å². The van der Waals surface area contributed by atoms with Crippen molar-refractivity contribution in [2.75, 3.05) is 63.8 Å². The van der Waals surface area contributed by atoms with E-state index in [0.29, 0.717) is 24.4 Å². The lowest BCUT2D eigenvalue weighted by Crippen LogP contribution is -2.51. The Balaban J connectivity index is 1.13. The van der Waals surface area contributed by atoms with Crippen molar-refractivity contribution in [1.29, 1.82) is 0 Å². The molecule has 1 aromatic rings. The Morgan fingerprint density at radius 1 is 0.964 bits per heavy atom. The van der Waals surface area contributed by atoms with Crippen LogP contribution in [0.1, 0.15) is 25.7 Å². The highest BCUT2D eigenvalue weighted by Gasteiger charge is 2.38. The molecule has 4 aliphatic heterocycles. The maximum Gasteiger partial charge on any atom is 0.236 e. The van der Waals surface area contributed by atoms with Crippen molar-refractivity contribution < 1.29 is 4.79 Å². The fourth-order valence-electron chi connectivity index (χ4n) is 5.09. The maximum absolute atomic E-state index is 13.1. The Hall–Kier alpha value is -1.73. The van der Waals surface area contributed by atoms with E-state index >= 15 is 0 Å². The van der Waals surface area contributed by atoms with E-state index in [2.05, 4.69) is 29.6 Å². The third-order valence-electron chi connectivity index (χ3n) is 6.94. The van der Waals surface area contributed by atoms with E-state index in [1.54, 1.807) is 12.4 Å². The number of hydrogen-bond donors (Lipinski definition) is 0. The standard InChI is InChI=1S/C21H32N6O/c28-20(16-24-8-10-25(11-9-24)21-22-6-1-7-23-21)27-14-18-4-5-19(15-27)26(13-18)12-17-2-3-17/h1,6-7,17-19H,2-5,8-16H2/t18-,19-/m0/s1. The van der Waals surface area contributed by atoms with Crippen molar-refractivity contribution in [1.82, 2.24) is 24.7 Å². The summed E-state index contributed by atoms with van der Waals surface area (Å²) < 4.78 is 0. The molecule has 2 bridgehead atoms. The molecule has 0 aromatic carbocycles. The van der Waals surface area contributed by atoms with Crippen LogP contribution in [0.15, 0.2) is 18.5 Å². The first-order valence-electron chi connectivity index (χ1n) is 11.0. The normalized spacial score (nSPS) is 29.1. The lowest BCUT2D eigenvalue weighted by molar-refractivity contribution is -0.132. The number of nitrogens with zero attached hydrogens (tertiary/aromatic N) is 6. The highest BCUT2D eigenvalue weighted by Crippen LogP contribution is 2.34. The first-order chi connectivity index (χ1) is 13.7. The SMILES string of the molecule is O=C(CN1CCN(c2ncccn2)CC1)N1C[C@H]2CC[C@@H](C1)N(CC1CC1)C2.